The normalized spacial score (nSPS) is 11.8. The molecule has 6 heteroatoms. The van der Waals surface area contributed by atoms with Crippen LogP contribution in [-0.4, -0.2) is 24.3 Å². The summed E-state index contributed by atoms with van der Waals surface area (Å²) >= 11 is 13.6. The second-order valence-corrected chi connectivity index (χ2v) is 7.17. The Morgan fingerprint density at radius 3 is 2.58 bits per heavy atom. The first-order valence-corrected chi connectivity index (χ1v) is 9.48. The summed E-state index contributed by atoms with van der Waals surface area (Å²) in [5.41, 5.74) is 1.18. The molecular weight excluding hydrogens is 365 g/mol. The van der Waals surface area contributed by atoms with Gasteiger partial charge < -0.3 is 10.1 Å². The number of thioether (sulfide) groups is 1. The largest absolute Gasteiger partial charge is 0.481 e. The molecule has 0 aliphatic carbocycles. The van der Waals surface area contributed by atoms with Crippen molar-refractivity contribution in [2.24, 2.45) is 0 Å². The second kappa shape index (κ2) is 9.82. The quantitative estimate of drug-likeness (QED) is 0.664. The smallest absolute Gasteiger partial charge is 0.260 e. The Hall–Kier alpha value is -1.36. The van der Waals surface area contributed by atoms with Crippen LogP contribution < -0.4 is 10.1 Å². The van der Waals surface area contributed by atoms with Gasteiger partial charge in [0.05, 0.1) is 0 Å². The zero-order valence-electron chi connectivity index (χ0n) is 13.3. The van der Waals surface area contributed by atoms with Crippen LogP contribution in [0.25, 0.3) is 0 Å². The molecule has 0 aromatic heterocycles. The summed E-state index contributed by atoms with van der Waals surface area (Å²) in [6.45, 7) is 2.31. The SMILES string of the molecule is C[C@@H](Oc1cccc(Cl)c1)C(=O)NCCSCc1cccc(Cl)c1. The topological polar surface area (TPSA) is 38.3 Å². The number of rotatable bonds is 8. The molecule has 0 unspecified atom stereocenters. The Kier molecular flexibility index (Phi) is 7.76. The van der Waals surface area contributed by atoms with Gasteiger partial charge in [0.2, 0.25) is 0 Å². The van der Waals surface area contributed by atoms with Gasteiger partial charge in [-0.15, -0.1) is 0 Å². The highest BCUT2D eigenvalue weighted by Crippen LogP contribution is 2.18. The molecule has 128 valence electrons. The number of nitrogens with one attached hydrogen (secondary N) is 1. The van der Waals surface area contributed by atoms with Crippen molar-refractivity contribution in [3.05, 3.63) is 64.1 Å². The van der Waals surface area contributed by atoms with Crippen LogP contribution >= 0.6 is 35.0 Å². The molecule has 0 aliphatic heterocycles. The molecule has 0 bridgehead atoms. The third-order valence-electron chi connectivity index (χ3n) is 3.18. The van der Waals surface area contributed by atoms with Gasteiger partial charge >= 0.3 is 0 Å². The maximum Gasteiger partial charge on any atom is 0.260 e. The number of hydrogen-bond acceptors (Lipinski definition) is 3. The minimum atomic E-state index is -0.568. The van der Waals surface area contributed by atoms with Gasteiger partial charge in [0.1, 0.15) is 5.75 Å². The Morgan fingerprint density at radius 1 is 1.17 bits per heavy atom. The summed E-state index contributed by atoms with van der Waals surface area (Å²) in [4.78, 5) is 12.0. The van der Waals surface area contributed by atoms with Crippen molar-refractivity contribution in [3.63, 3.8) is 0 Å². The van der Waals surface area contributed by atoms with Gasteiger partial charge in [-0.3, -0.25) is 4.79 Å². The van der Waals surface area contributed by atoms with Gasteiger partial charge in [0.25, 0.3) is 5.91 Å². The van der Waals surface area contributed by atoms with E-state index in [1.807, 2.05) is 24.3 Å². The molecule has 3 nitrogen and oxygen atoms in total. The highest BCUT2D eigenvalue weighted by atomic mass is 35.5. The lowest BCUT2D eigenvalue weighted by Crippen LogP contribution is -2.37. The van der Waals surface area contributed by atoms with E-state index in [4.69, 9.17) is 27.9 Å². The van der Waals surface area contributed by atoms with Crippen molar-refractivity contribution in [3.8, 4) is 5.75 Å². The Bertz CT molecular complexity index is 682. The molecule has 0 saturated carbocycles. The summed E-state index contributed by atoms with van der Waals surface area (Å²) < 4.78 is 5.58. The van der Waals surface area contributed by atoms with Crippen LogP contribution in [0, 0.1) is 0 Å². The Labute approximate surface area is 156 Å². The van der Waals surface area contributed by atoms with Crippen molar-refractivity contribution < 1.29 is 9.53 Å². The van der Waals surface area contributed by atoms with Crippen molar-refractivity contribution in [1.29, 1.82) is 0 Å². The standard InChI is InChI=1S/C18H19Cl2NO2S/c1-13(23-17-7-3-6-16(20)11-17)18(22)21-8-9-24-12-14-4-2-5-15(19)10-14/h2-7,10-11,13H,8-9,12H2,1H3,(H,21,22)/t13-/m1/s1. The molecule has 0 saturated heterocycles. The van der Waals surface area contributed by atoms with Crippen LogP contribution in [0.15, 0.2) is 48.5 Å². The zero-order valence-corrected chi connectivity index (χ0v) is 15.6. The fraction of sp³-hybridized carbons (Fsp3) is 0.278. The van der Waals surface area contributed by atoms with E-state index in [-0.39, 0.29) is 5.91 Å². The summed E-state index contributed by atoms with van der Waals surface area (Å²) in [6, 6.07) is 14.8. The van der Waals surface area contributed by atoms with Crippen LogP contribution in [0.5, 0.6) is 5.75 Å². The highest BCUT2D eigenvalue weighted by Gasteiger charge is 2.14. The third kappa shape index (κ3) is 6.63. The van der Waals surface area contributed by atoms with Crippen LogP contribution in [0.2, 0.25) is 10.0 Å². The molecule has 0 spiro atoms. The maximum absolute atomic E-state index is 12.0. The fourth-order valence-corrected chi connectivity index (χ4v) is 3.20. The van der Waals surface area contributed by atoms with Crippen LogP contribution in [-0.2, 0) is 10.5 Å². The predicted octanol–water partition coefficient (Wildman–Crippen LogP) is 4.81. The van der Waals surface area contributed by atoms with Gasteiger partial charge in [-0.25, -0.2) is 0 Å². The molecule has 0 heterocycles. The molecule has 1 amide bonds. The monoisotopic (exact) mass is 383 g/mol. The molecule has 2 aromatic rings. The van der Waals surface area contributed by atoms with E-state index in [9.17, 15) is 4.79 Å². The van der Waals surface area contributed by atoms with Crippen LogP contribution in [0.3, 0.4) is 0 Å². The first kappa shape index (κ1) is 19.0. The van der Waals surface area contributed by atoms with E-state index in [2.05, 4.69) is 5.32 Å². The highest BCUT2D eigenvalue weighted by molar-refractivity contribution is 7.98. The first-order valence-electron chi connectivity index (χ1n) is 7.57. The van der Waals surface area contributed by atoms with E-state index < -0.39 is 6.10 Å². The molecule has 2 rings (SSSR count). The maximum atomic E-state index is 12.0. The van der Waals surface area contributed by atoms with E-state index in [1.54, 1.807) is 43.0 Å². The summed E-state index contributed by atoms with van der Waals surface area (Å²) in [5.74, 6) is 2.13. The molecule has 2 aromatic carbocycles. The summed E-state index contributed by atoms with van der Waals surface area (Å²) in [5, 5.41) is 4.20. The molecule has 24 heavy (non-hydrogen) atoms. The van der Waals surface area contributed by atoms with E-state index in [0.717, 1.165) is 16.5 Å². The number of hydrogen-bond donors (Lipinski definition) is 1. The molecule has 0 radical (unpaired) electrons. The predicted molar refractivity (Wildman–Crippen MR) is 102 cm³/mol. The minimum Gasteiger partial charge on any atom is -0.481 e. The number of ether oxygens (including phenoxy) is 1. The first-order chi connectivity index (χ1) is 11.5. The van der Waals surface area contributed by atoms with Gasteiger partial charge in [0.15, 0.2) is 6.10 Å². The van der Waals surface area contributed by atoms with Crippen LogP contribution in [0.4, 0.5) is 0 Å². The summed E-state index contributed by atoms with van der Waals surface area (Å²) in [6.07, 6.45) is -0.568. The molecule has 1 N–H and O–H groups in total. The van der Waals surface area contributed by atoms with Gasteiger partial charge in [-0.05, 0) is 42.8 Å². The van der Waals surface area contributed by atoms with Gasteiger partial charge in [0, 0.05) is 28.1 Å². The molecule has 0 fully saturated rings. The average molecular weight is 384 g/mol. The van der Waals surface area contributed by atoms with E-state index >= 15 is 0 Å². The van der Waals surface area contributed by atoms with Crippen molar-refractivity contribution in [1.82, 2.24) is 5.32 Å². The number of amides is 1. The Balaban J connectivity index is 1.65. The lowest BCUT2D eigenvalue weighted by Gasteiger charge is -2.14. The van der Waals surface area contributed by atoms with E-state index in [1.165, 1.54) is 5.56 Å². The summed E-state index contributed by atoms with van der Waals surface area (Å²) in [7, 11) is 0. The Morgan fingerprint density at radius 2 is 1.88 bits per heavy atom. The number of carbonyl (C=O) groups excluding carboxylic acids is 1. The van der Waals surface area contributed by atoms with Crippen molar-refractivity contribution in [2.45, 2.75) is 18.8 Å². The van der Waals surface area contributed by atoms with Crippen LogP contribution in [0.1, 0.15) is 12.5 Å². The minimum absolute atomic E-state index is 0.140. The molecule has 1 atom stereocenters. The van der Waals surface area contributed by atoms with Gasteiger partial charge in [-0.1, -0.05) is 41.4 Å². The average Bonchev–Trinajstić information content (AvgIpc) is 2.54. The number of halogens is 2. The number of carbonyl (C=O) groups is 1. The lowest BCUT2D eigenvalue weighted by atomic mass is 10.2. The van der Waals surface area contributed by atoms with Crippen molar-refractivity contribution >= 4 is 40.9 Å². The lowest BCUT2D eigenvalue weighted by molar-refractivity contribution is -0.127. The fourth-order valence-electron chi connectivity index (χ4n) is 2.00. The molecular formula is C18H19Cl2NO2S. The van der Waals surface area contributed by atoms with E-state index in [0.29, 0.717) is 17.3 Å². The molecule has 0 aliphatic rings. The second-order valence-electron chi connectivity index (χ2n) is 5.19. The van der Waals surface area contributed by atoms with Crippen molar-refractivity contribution in [2.75, 3.05) is 12.3 Å². The number of benzene rings is 2. The third-order valence-corrected chi connectivity index (χ3v) is 4.68. The zero-order chi connectivity index (χ0) is 17.4. The van der Waals surface area contributed by atoms with Gasteiger partial charge in [-0.2, -0.15) is 11.8 Å².